The molecule has 0 saturated heterocycles. The Bertz CT molecular complexity index is 1140. The molecule has 0 bridgehead atoms. The molecule has 1 amide bonds. The minimum absolute atomic E-state index is 0.243. The van der Waals surface area contributed by atoms with Crippen LogP contribution in [0.1, 0.15) is 6.92 Å². The molecule has 0 heterocycles. The maximum absolute atomic E-state index is 12.5. The van der Waals surface area contributed by atoms with Crippen LogP contribution in [0, 0.1) is 0 Å². The summed E-state index contributed by atoms with van der Waals surface area (Å²) in [4.78, 5) is 12.5. The molecular formula is C23H26N2O5S. The number of rotatable bonds is 10. The molecule has 3 aromatic rings. The molecule has 0 atom stereocenters. The Kier molecular flexibility index (Phi) is 7.36. The van der Waals surface area contributed by atoms with Crippen molar-refractivity contribution < 1.29 is 22.7 Å². The second-order valence-corrected chi connectivity index (χ2v) is 8.75. The van der Waals surface area contributed by atoms with Crippen molar-refractivity contribution in [1.82, 2.24) is 5.32 Å². The molecule has 0 aliphatic heterocycles. The molecule has 0 aliphatic carbocycles. The van der Waals surface area contributed by atoms with E-state index in [9.17, 15) is 13.2 Å². The van der Waals surface area contributed by atoms with Crippen LogP contribution in [0.25, 0.3) is 10.8 Å². The number of fused-ring (bicyclic) bond motifs is 1. The SMILES string of the molecule is CCOc1ccccc1N(CC(=O)NCCOc1cccc2ccccc12)S(C)(=O)=O. The van der Waals surface area contributed by atoms with Gasteiger partial charge in [0.2, 0.25) is 15.9 Å². The summed E-state index contributed by atoms with van der Waals surface area (Å²) in [6.45, 7) is 2.34. The number of sulfonamides is 1. The fourth-order valence-electron chi connectivity index (χ4n) is 3.18. The van der Waals surface area contributed by atoms with Crippen LogP contribution < -0.4 is 19.1 Å². The van der Waals surface area contributed by atoms with Gasteiger partial charge in [-0.1, -0.05) is 48.5 Å². The van der Waals surface area contributed by atoms with E-state index >= 15 is 0 Å². The van der Waals surface area contributed by atoms with Gasteiger partial charge >= 0.3 is 0 Å². The average molecular weight is 443 g/mol. The van der Waals surface area contributed by atoms with Crippen LogP contribution in [0.4, 0.5) is 5.69 Å². The quantitative estimate of drug-likeness (QED) is 0.488. The van der Waals surface area contributed by atoms with Crippen LogP contribution in [0.5, 0.6) is 11.5 Å². The maximum atomic E-state index is 12.5. The summed E-state index contributed by atoms with van der Waals surface area (Å²) in [7, 11) is -3.69. The van der Waals surface area contributed by atoms with Crippen molar-refractivity contribution in [3.05, 3.63) is 66.7 Å². The average Bonchev–Trinajstić information content (AvgIpc) is 2.75. The van der Waals surface area contributed by atoms with Crippen LogP contribution in [0.2, 0.25) is 0 Å². The van der Waals surface area contributed by atoms with Gasteiger partial charge in [-0.15, -0.1) is 0 Å². The summed E-state index contributed by atoms with van der Waals surface area (Å²) in [5, 5.41) is 4.78. The van der Waals surface area contributed by atoms with E-state index in [-0.39, 0.29) is 19.7 Å². The molecule has 1 N–H and O–H groups in total. The van der Waals surface area contributed by atoms with Gasteiger partial charge in [0.05, 0.1) is 25.1 Å². The first-order chi connectivity index (χ1) is 14.9. The second-order valence-electron chi connectivity index (χ2n) is 6.85. The van der Waals surface area contributed by atoms with Gasteiger partial charge in [-0.2, -0.15) is 0 Å². The number of anilines is 1. The van der Waals surface area contributed by atoms with Crippen molar-refractivity contribution >= 4 is 32.4 Å². The van der Waals surface area contributed by atoms with Crippen molar-refractivity contribution in [1.29, 1.82) is 0 Å². The molecule has 0 spiro atoms. The van der Waals surface area contributed by atoms with Crippen LogP contribution in [0.3, 0.4) is 0 Å². The number of para-hydroxylation sites is 2. The van der Waals surface area contributed by atoms with Gasteiger partial charge in [0.1, 0.15) is 24.7 Å². The summed E-state index contributed by atoms with van der Waals surface area (Å²) >= 11 is 0. The molecule has 3 rings (SSSR count). The highest BCUT2D eigenvalue weighted by molar-refractivity contribution is 7.92. The lowest BCUT2D eigenvalue weighted by atomic mass is 10.1. The van der Waals surface area contributed by atoms with Crippen molar-refractivity contribution in [2.75, 3.05) is 36.9 Å². The standard InChI is InChI=1S/C23H26N2O5S/c1-3-29-22-13-7-6-12-20(22)25(31(2,27)28)17-23(26)24-15-16-30-21-14-8-10-18-9-4-5-11-19(18)21/h4-14H,3,15-17H2,1-2H3,(H,24,26). The lowest BCUT2D eigenvalue weighted by Crippen LogP contribution is -2.41. The Hall–Kier alpha value is -3.26. The Labute approximate surface area is 182 Å². The third kappa shape index (κ3) is 5.88. The van der Waals surface area contributed by atoms with Crippen molar-refractivity contribution in [3.8, 4) is 11.5 Å². The van der Waals surface area contributed by atoms with Crippen LogP contribution in [-0.4, -0.2) is 46.9 Å². The molecule has 0 fully saturated rings. The molecule has 0 aliphatic rings. The molecule has 7 nitrogen and oxygen atoms in total. The molecule has 31 heavy (non-hydrogen) atoms. The van der Waals surface area contributed by atoms with Crippen molar-refractivity contribution in [2.24, 2.45) is 0 Å². The lowest BCUT2D eigenvalue weighted by molar-refractivity contribution is -0.119. The predicted molar refractivity (Wildman–Crippen MR) is 122 cm³/mol. The topological polar surface area (TPSA) is 84.9 Å². The highest BCUT2D eigenvalue weighted by atomic mass is 32.2. The number of hydrogen-bond acceptors (Lipinski definition) is 5. The summed E-state index contributed by atoms with van der Waals surface area (Å²) in [6.07, 6.45) is 1.06. The minimum atomic E-state index is -3.69. The van der Waals surface area contributed by atoms with Gasteiger partial charge in [-0.3, -0.25) is 9.10 Å². The number of benzene rings is 3. The number of carbonyl (C=O) groups excluding carboxylic acids is 1. The van der Waals surface area contributed by atoms with Gasteiger partial charge in [0, 0.05) is 5.39 Å². The summed E-state index contributed by atoms with van der Waals surface area (Å²) in [6, 6.07) is 20.4. The highest BCUT2D eigenvalue weighted by Crippen LogP contribution is 2.29. The molecule has 8 heteroatoms. The smallest absolute Gasteiger partial charge is 0.240 e. The molecule has 0 radical (unpaired) electrons. The lowest BCUT2D eigenvalue weighted by Gasteiger charge is -2.24. The van der Waals surface area contributed by atoms with Gasteiger partial charge in [-0.05, 0) is 30.5 Å². The Morgan fingerprint density at radius 1 is 0.935 bits per heavy atom. The zero-order valence-corrected chi connectivity index (χ0v) is 18.4. The molecular weight excluding hydrogens is 416 g/mol. The third-order valence-electron chi connectivity index (χ3n) is 4.55. The van der Waals surface area contributed by atoms with Gasteiger partial charge < -0.3 is 14.8 Å². The van der Waals surface area contributed by atoms with E-state index in [2.05, 4.69) is 5.32 Å². The van der Waals surface area contributed by atoms with E-state index in [1.807, 2.05) is 49.4 Å². The second kappa shape index (κ2) is 10.2. The van der Waals surface area contributed by atoms with E-state index in [0.717, 1.165) is 27.1 Å². The zero-order valence-electron chi connectivity index (χ0n) is 17.6. The number of nitrogens with zero attached hydrogens (tertiary/aromatic N) is 1. The molecule has 3 aromatic carbocycles. The Balaban J connectivity index is 1.61. The highest BCUT2D eigenvalue weighted by Gasteiger charge is 2.23. The van der Waals surface area contributed by atoms with E-state index in [4.69, 9.17) is 9.47 Å². The number of hydrogen-bond donors (Lipinski definition) is 1. The predicted octanol–water partition coefficient (Wildman–Crippen LogP) is 3.20. The fourth-order valence-corrected chi connectivity index (χ4v) is 4.04. The van der Waals surface area contributed by atoms with E-state index in [1.54, 1.807) is 24.3 Å². The summed E-state index contributed by atoms with van der Waals surface area (Å²) < 4.78 is 37.0. The number of amides is 1. The monoisotopic (exact) mass is 442 g/mol. The number of nitrogens with one attached hydrogen (secondary N) is 1. The van der Waals surface area contributed by atoms with Crippen molar-refractivity contribution in [2.45, 2.75) is 6.92 Å². The molecule has 0 unspecified atom stereocenters. The minimum Gasteiger partial charge on any atom is -0.492 e. The van der Waals surface area contributed by atoms with Gasteiger partial charge in [0.25, 0.3) is 0 Å². The van der Waals surface area contributed by atoms with Crippen LogP contribution >= 0.6 is 0 Å². The molecule has 164 valence electrons. The van der Waals surface area contributed by atoms with E-state index < -0.39 is 15.9 Å². The van der Waals surface area contributed by atoms with Crippen molar-refractivity contribution in [3.63, 3.8) is 0 Å². The number of ether oxygens (including phenoxy) is 2. The van der Waals surface area contributed by atoms with E-state index in [0.29, 0.717) is 18.0 Å². The van der Waals surface area contributed by atoms with Crippen LogP contribution in [-0.2, 0) is 14.8 Å². The van der Waals surface area contributed by atoms with E-state index in [1.165, 1.54) is 0 Å². The fraction of sp³-hybridized carbons (Fsp3) is 0.261. The Morgan fingerprint density at radius 3 is 2.39 bits per heavy atom. The first-order valence-corrected chi connectivity index (χ1v) is 11.8. The summed E-state index contributed by atoms with van der Waals surface area (Å²) in [5.74, 6) is 0.705. The normalized spacial score (nSPS) is 11.2. The third-order valence-corrected chi connectivity index (χ3v) is 5.68. The maximum Gasteiger partial charge on any atom is 0.240 e. The van der Waals surface area contributed by atoms with Gasteiger partial charge in [0.15, 0.2) is 0 Å². The summed E-state index contributed by atoms with van der Waals surface area (Å²) in [5.41, 5.74) is 0.328. The zero-order chi connectivity index (χ0) is 22.3. The number of carbonyl (C=O) groups is 1. The largest absolute Gasteiger partial charge is 0.492 e. The van der Waals surface area contributed by atoms with Gasteiger partial charge in [-0.25, -0.2) is 8.42 Å². The first-order valence-electron chi connectivity index (χ1n) is 9.97. The Morgan fingerprint density at radius 2 is 1.61 bits per heavy atom. The first kappa shape index (κ1) is 22.4. The molecule has 0 aromatic heterocycles. The van der Waals surface area contributed by atoms with Crippen LogP contribution in [0.15, 0.2) is 66.7 Å². The molecule has 0 saturated carbocycles.